The minimum atomic E-state index is -0.355. The molecule has 0 aromatic heterocycles. The number of nitrogen functional groups attached to an aromatic ring is 1. The highest BCUT2D eigenvalue weighted by Crippen LogP contribution is 2.30. The Morgan fingerprint density at radius 2 is 2.19 bits per heavy atom. The molecule has 4 heteroatoms. The van der Waals surface area contributed by atoms with Crippen molar-refractivity contribution >= 4 is 23.4 Å². The molecule has 1 rings (SSSR count). The monoisotopic (exact) mass is 239 g/mol. The van der Waals surface area contributed by atoms with Gasteiger partial charge in [0.2, 0.25) is 0 Å². The predicted octanol–water partition coefficient (Wildman–Crippen LogP) is 2.95. The molecule has 0 spiro atoms. The molecule has 0 saturated heterocycles. The minimum absolute atomic E-state index is 0.355. The first kappa shape index (κ1) is 12.9. The number of esters is 1. The highest BCUT2D eigenvalue weighted by atomic mass is 32.2. The van der Waals surface area contributed by atoms with Crippen LogP contribution in [0.15, 0.2) is 23.1 Å². The molecular weight excluding hydrogens is 222 g/mol. The molecular formula is C12H17NO2S. The number of hydrogen-bond acceptors (Lipinski definition) is 4. The van der Waals surface area contributed by atoms with Crippen LogP contribution in [-0.4, -0.2) is 17.8 Å². The molecule has 0 amide bonds. The second-order valence-electron chi connectivity index (χ2n) is 3.60. The topological polar surface area (TPSA) is 52.3 Å². The van der Waals surface area contributed by atoms with Gasteiger partial charge in [0.15, 0.2) is 0 Å². The number of carbonyl (C=O) groups excluding carboxylic acids is 1. The Balaban J connectivity index is 2.99. The number of carbonyl (C=O) groups is 1. The fourth-order valence-electron chi connectivity index (χ4n) is 1.29. The lowest BCUT2D eigenvalue weighted by atomic mass is 10.2. The van der Waals surface area contributed by atoms with Crippen LogP contribution in [0.1, 0.15) is 31.1 Å². The summed E-state index contributed by atoms with van der Waals surface area (Å²) >= 11 is 1.64. The smallest absolute Gasteiger partial charge is 0.340 e. The summed E-state index contributed by atoms with van der Waals surface area (Å²) in [6, 6.07) is 5.44. The predicted molar refractivity (Wildman–Crippen MR) is 67.8 cm³/mol. The van der Waals surface area contributed by atoms with E-state index in [1.807, 2.05) is 12.1 Å². The molecule has 16 heavy (non-hydrogen) atoms. The van der Waals surface area contributed by atoms with Crippen LogP contribution in [0.2, 0.25) is 0 Å². The van der Waals surface area contributed by atoms with E-state index in [2.05, 4.69) is 13.8 Å². The Labute approximate surface area is 100 Å². The Hall–Kier alpha value is -1.16. The number of para-hydroxylation sites is 1. The van der Waals surface area contributed by atoms with Crippen LogP contribution in [0.3, 0.4) is 0 Å². The molecule has 0 aliphatic carbocycles. The van der Waals surface area contributed by atoms with Crippen molar-refractivity contribution in [3.8, 4) is 0 Å². The molecule has 2 N–H and O–H groups in total. The molecule has 0 aliphatic heterocycles. The van der Waals surface area contributed by atoms with Gasteiger partial charge in [-0.25, -0.2) is 4.79 Å². The van der Waals surface area contributed by atoms with Crippen molar-refractivity contribution in [2.45, 2.75) is 30.9 Å². The zero-order valence-corrected chi connectivity index (χ0v) is 10.6. The fourth-order valence-corrected chi connectivity index (χ4v) is 2.19. The van der Waals surface area contributed by atoms with Crippen molar-refractivity contribution in [3.63, 3.8) is 0 Å². The van der Waals surface area contributed by atoms with Crippen molar-refractivity contribution in [1.29, 1.82) is 0 Å². The highest BCUT2D eigenvalue weighted by Gasteiger charge is 2.14. The molecule has 0 saturated carbocycles. The lowest BCUT2D eigenvalue weighted by Gasteiger charge is -2.11. The first-order valence-electron chi connectivity index (χ1n) is 5.28. The van der Waals surface area contributed by atoms with E-state index >= 15 is 0 Å². The quantitative estimate of drug-likeness (QED) is 0.498. The van der Waals surface area contributed by atoms with Crippen LogP contribution in [0.5, 0.6) is 0 Å². The largest absolute Gasteiger partial charge is 0.462 e. The van der Waals surface area contributed by atoms with Crippen LogP contribution in [0.25, 0.3) is 0 Å². The normalized spacial score (nSPS) is 10.5. The maximum absolute atomic E-state index is 11.6. The van der Waals surface area contributed by atoms with Gasteiger partial charge in [-0.15, -0.1) is 11.8 Å². The lowest BCUT2D eigenvalue weighted by molar-refractivity contribution is 0.0527. The van der Waals surface area contributed by atoms with Crippen molar-refractivity contribution < 1.29 is 9.53 Å². The fraction of sp³-hybridized carbons (Fsp3) is 0.417. The van der Waals surface area contributed by atoms with E-state index in [4.69, 9.17) is 10.5 Å². The Bertz CT molecular complexity index is 377. The molecule has 0 radical (unpaired) electrons. The van der Waals surface area contributed by atoms with Gasteiger partial charge in [-0.2, -0.15) is 0 Å². The van der Waals surface area contributed by atoms with Gasteiger partial charge in [0.05, 0.1) is 17.9 Å². The van der Waals surface area contributed by atoms with E-state index in [1.54, 1.807) is 24.8 Å². The van der Waals surface area contributed by atoms with Crippen LogP contribution in [0, 0.1) is 0 Å². The number of benzene rings is 1. The Morgan fingerprint density at radius 3 is 2.75 bits per heavy atom. The maximum atomic E-state index is 11.6. The van der Waals surface area contributed by atoms with Gasteiger partial charge in [0.1, 0.15) is 0 Å². The zero-order valence-electron chi connectivity index (χ0n) is 9.82. The van der Waals surface area contributed by atoms with Gasteiger partial charge >= 0.3 is 5.97 Å². The van der Waals surface area contributed by atoms with Crippen LogP contribution >= 0.6 is 11.8 Å². The summed E-state index contributed by atoms with van der Waals surface area (Å²) in [7, 11) is 0. The minimum Gasteiger partial charge on any atom is -0.462 e. The van der Waals surface area contributed by atoms with Gasteiger partial charge in [-0.1, -0.05) is 19.9 Å². The molecule has 0 fully saturated rings. The second kappa shape index (κ2) is 5.80. The number of anilines is 1. The average Bonchev–Trinajstić information content (AvgIpc) is 2.21. The van der Waals surface area contributed by atoms with Gasteiger partial charge in [0.25, 0.3) is 0 Å². The summed E-state index contributed by atoms with van der Waals surface area (Å²) in [5, 5.41) is 0.430. The van der Waals surface area contributed by atoms with E-state index in [9.17, 15) is 4.79 Å². The van der Waals surface area contributed by atoms with Crippen LogP contribution in [-0.2, 0) is 4.74 Å². The first-order valence-corrected chi connectivity index (χ1v) is 6.16. The Morgan fingerprint density at radius 1 is 1.50 bits per heavy atom. The molecule has 0 bridgehead atoms. The van der Waals surface area contributed by atoms with Crippen LogP contribution < -0.4 is 5.73 Å². The SMILES string of the molecule is CCOC(=O)c1cccc(SC(C)C)c1N. The molecule has 3 nitrogen and oxygen atoms in total. The highest BCUT2D eigenvalue weighted by molar-refractivity contribution is 8.00. The second-order valence-corrected chi connectivity index (χ2v) is 5.22. The first-order chi connectivity index (χ1) is 7.56. The van der Waals surface area contributed by atoms with Gasteiger partial charge in [-0.05, 0) is 19.1 Å². The summed E-state index contributed by atoms with van der Waals surface area (Å²) < 4.78 is 4.94. The van der Waals surface area contributed by atoms with E-state index in [0.717, 1.165) is 4.90 Å². The molecule has 1 aromatic carbocycles. The molecule has 0 atom stereocenters. The molecule has 0 heterocycles. The summed E-state index contributed by atoms with van der Waals surface area (Å²) in [4.78, 5) is 12.5. The number of thioether (sulfide) groups is 1. The zero-order chi connectivity index (χ0) is 12.1. The van der Waals surface area contributed by atoms with Crippen molar-refractivity contribution in [2.75, 3.05) is 12.3 Å². The number of hydrogen-bond donors (Lipinski definition) is 1. The molecule has 88 valence electrons. The maximum Gasteiger partial charge on any atom is 0.340 e. The number of ether oxygens (including phenoxy) is 1. The van der Waals surface area contributed by atoms with Crippen molar-refractivity contribution in [3.05, 3.63) is 23.8 Å². The third kappa shape index (κ3) is 3.17. The summed E-state index contributed by atoms with van der Waals surface area (Å²) in [5.41, 5.74) is 6.91. The average molecular weight is 239 g/mol. The summed E-state index contributed by atoms with van der Waals surface area (Å²) in [5.74, 6) is -0.355. The number of rotatable bonds is 4. The van der Waals surface area contributed by atoms with E-state index in [0.29, 0.717) is 23.1 Å². The Kier molecular flexibility index (Phi) is 4.68. The molecule has 0 unspecified atom stereocenters. The third-order valence-electron chi connectivity index (χ3n) is 1.92. The van der Waals surface area contributed by atoms with Crippen molar-refractivity contribution in [1.82, 2.24) is 0 Å². The molecule has 1 aromatic rings. The summed E-state index contributed by atoms with van der Waals surface area (Å²) in [6.45, 7) is 6.31. The third-order valence-corrected chi connectivity index (χ3v) is 3.01. The van der Waals surface area contributed by atoms with E-state index in [1.165, 1.54) is 0 Å². The van der Waals surface area contributed by atoms with E-state index < -0.39 is 0 Å². The standard InChI is InChI=1S/C12H17NO2S/c1-4-15-12(14)9-6-5-7-10(11(9)13)16-8(2)3/h5-8H,4,13H2,1-3H3. The van der Waals surface area contributed by atoms with Gasteiger partial charge < -0.3 is 10.5 Å². The summed E-state index contributed by atoms with van der Waals surface area (Å²) in [6.07, 6.45) is 0. The van der Waals surface area contributed by atoms with E-state index in [-0.39, 0.29) is 5.97 Å². The van der Waals surface area contributed by atoms with Gasteiger partial charge in [0, 0.05) is 10.1 Å². The number of nitrogens with two attached hydrogens (primary N) is 1. The van der Waals surface area contributed by atoms with Crippen molar-refractivity contribution in [2.24, 2.45) is 0 Å². The van der Waals surface area contributed by atoms with Crippen LogP contribution in [0.4, 0.5) is 5.69 Å². The van der Waals surface area contributed by atoms with Gasteiger partial charge in [-0.3, -0.25) is 0 Å². The molecule has 0 aliphatic rings. The lowest BCUT2D eigenvalue weighted by Crippen LogP contribution is -2.08.